The van der Waals surface area contributed by atoms with Crippen LogP contribution in [0.15, 0.2) is 0 Å². The van der Waals surface area contributed by atoms with Gasteiger partial charge in [-0.3, -0.25) is 42.9 Å². The van der Waals surface area contributed by atoms with Crippen LogP contribution in [0.1, 0.15) is 436 Å². The summed E-state index contributed by atoms with van der Waals surface area (Å²) in [5.41, 5.74) is -1.22. The highest BCUT2D eigenvalue weighted by molar-refractivity contribution is 7.91. The highest BCUT2D eigenvalue weighted by Gasteiger charge is 2.65. The molecule has 3 amide bonds. The molecule has 4 bridgehead atoms. The van der Waals surface area contributed by atoms with Crippen LogP contribution >= 0.6 is 0 Å². The number of carbonyl (C=O) groups excluding carboxylic acids is 6. The third kappa shape index (κ3) is 28.9. The minimum absolute atomic E-state index is 0. The summed E-state index contributed by atoms with van der Waals surface area (Å²) < 4.78 is 98.7. The van der Waals surface area contributed by atoms with Crippen LogP contribution in [0.5, 0.6) is 0 Å². The summed E-state index contributed by atoms with van der Waals surface area (Å²) in [6.07, 6.45) is 26.2. The van der Waals surface area contributed by atoms with E-state index in [4.69, 9.17) is 14.2 Å². The van der Waals surface area contributed by atoms with Gasteiger partial charge in [0.25, 0.3) is 0 Å². The van der Waals surface area contributed by atoms with Crippen molar-refractivity contribution in [2.45, 2.75) is 471 Å². The number of rotatable bonds is 21. The van der Waals surface area contributed by atoms with Crippen molar-refractivity contribution in [1.29, 1.82) is 0 Å². The van der Waals surface area contributed by atoms with Crippen LogP contribution in [0, 0.1) is 111 Å². The van der Waals surface area contributed by atoms with Crippen molar-refractivity contribution < 1.29 is 68.2 Å². The molecule has 18 nitrogen and oxygen atoms in total. The molecular formula is C97H183N3O15S3. The first-order valence-corrected chi connectivity index (χ1v) is 50.6. The molecule has 8 fully saturated rings. The Kier molecular flexibility index (Phi) is 38.9. The Morgan fingerprint density at radius 2 is 0.661 bits per heavy atom. The van der Waals surface area contributed by atoms with Gasteiger partial charge in [-0.1, -0.05) is 234 Å². The predicted octanol–water partition coefficient (Wildman–Crippen LogP) is 24.0. The molecule has 0 heterocycles. The highest BCUT2D eigenvalue weighted by atomic mass is 32.2. The van der Waals surface area contributed by atoms with Crippen molar-refractivity contribution in [3.8, 4) is 0 Å². The average molecular weight is 1730 g/mol. The molecule has 0 aromatic rings. The van der Waals surface area contributed by atoms with Gasteiger partial charge in [0, 0.05) is 21.7 Å². The number of hydrogen-bond donors (Lipinski definition) is 3. The number of hydrogen-bond acceptors (Lipinski definition) is 15. The molecule has 0 saturated heterocycles. The van der Waals surface area contributed by atoms with E-state index in [-0.39, 0.29) is 121 Å². The van der Waals surface area contributed by atoms with Gasteiger partial charge >= 0.3 is 17.9 Å². The zero-order valence-corrected chi connectivity index (χ0v) is 84.0. The Labute approximate surface area is 725 Å². The largest absolute Gasteiger partial charge is 0.462 e. The molecule has 8 aliphatic carbocycles. The first-order valence-electron chi connectivity index (χ1n) is 46.0. The summed E-state index contributed by atoms with van der Waals surface area (Å²) in [6, 6.07) is 0. The third-order valence-electron chi connectivity index (χ3n) is 32.4. The smallest absolute Gasteiger partial charge is 0.311 e. The third-order valence-corrected chi connectivity index (χ3v) is 37.8. The van der Waals surface area contributed by atoms with E-state index in [9.17, 15) is 54.0 Å². The Hall–Kier alpha value is -3.33. The van der Waals surface area contributed by atoms with Crippen LogP contribution in [0.25, 0.3) is 0 Å². The number of fused-ring (bicyclic) bond motifs is 4. The zero-order valence-electron chi connectivity index (χ0n) is 81.6. The molecular weight excluding hydrogens is 1540 g/mol. The monoisotopic (exact) mass is 1730 g/mol. The molecule has 8 unspecified atom stereocenters. The van der Waals surface area contributed by atoms with E-state index in [0.717, 1.165) is 108 Å². The van der Waals surface area contributed by atoms with E-state index in [1.54, 1.807) is 41.5 Å². The fourth-order valence-electron chi connectivity index (χ4n) is 18.1. The van der Waals surface area contributed by atoms with Gasteiger partial charge in [-0.05, 0) is 275 Å². The lowest BCUT2D eigenvalue weighted by molar-refractivity contribution is -0.167. The van der Waals surface area contributed by atoms with E-state index < -0.39 is 56.8 Å². The fourth-order valence-corrected chi connectivity index (χ4v) is 23.6. The van der Waals surface area contributed by atoms with Gasteiger partial charge in [-0.2, -0.15) is 0 Å². The molecule has 3 N–H and O–H groups in total. The minimum atomic E-state index is -3.59. The summed E-state index contributed by atoms with van der Waals surface area (Å²) in [5, 5.41) is -1.23. The molecule has 118 heavy (non-hydrogen) atoms. The average Bonchev–Trinajstić information content (AvgIpc) is 1.56. The van der Waals surface area contributed by atoms with Crippen molar-refractivity contribution in [1.82, 2.24) is 14.2 Å². The highest BCUT2D eigenvalue weighted by Crippen LogP contribution is 2.68. The van der Waals surface area contributed by atoms with E-state index in [1.807, 2.05) is 76.2 Å². The van der Waals surface area contributed by atoms with E-state index >= 15 is 0 Å². The van der Waals surface area contributed by atoms with E-state index in [0.29, 0.717) is 80.0 Å². The molecule has 694 valence electrons. The first-order chi connectivity index (χ1) is 52.6. The second-order valence-electron chi connectivity index (χ2n) is 47.2. The number of amides is 3. The standard InChI is InChI=1S/C20H38O2.C16H29NO3S.C16H31NO3S.C16H28O2.C16H30O2.C12H23NO3S.CH4/c1-10-20(8,9)17(21)22-16-12-14(18(2,3)4)11-15(13-16)19(5,6)7;1-7-14(2,3)13(18)17-21(19,20)12-10-16(6)9-8-11(12)15(16,4)5;1-7-16(5,6)14(18)17-21(19,20)13-10-8-12(9-11-13)15(2,3)4;1-7-14(2,3)13(17)18-12-10-11-8-9-16(12,6)15(11,4)5;1-7-16(5,6)14(17)18-13-10-8-12(9-11-13)15(2,3)4;1-4-12(2,3)11(14)13-17(15,16)10-8-6-5-7-9-10;/h14-16H,10-13H2,1-9H3;11-12H,7-10H2,1-6H3,(H,17,18);12-13H,7-11H2,1-6H3,(H,17,18);11-12H,7-10H2,1-6H3;12-13H,7-11H2,1-6H3;10H,4-9H2,1-3H3,(H,13,14);1H4. The molecule has 8 aliphatic rings. The van der Waals surface area contributed by atoms with Gasteiger partial charge in [0.2, 0.25) is 47.8 Å². The summed E-state index contributed by atoms with van der Waals surface area (Å²) in [5.74, 6) is 2.23. The van der Waals surface area contributed by atoms with Crippen LogP contribution < -0.4 is 14.2 Å². The Morgan fingerprint density at radius 3 is 0.958 bits per heavy atom. The molecule has 0 aliphatic heterocycles. The predicted molar refractivity (Wildman–Crippen MR) is 487 cm³/mol. The normalized spacial score (nSPS) is 28.2. The summed E-state index contributed by atoms with van der Waals surface area (Å²) >= 11 is 0. The lowest BCUT2D eigenvalue weighted by Crippen LogP contribution is -2.46. The lowest BCUT2D eigenvalue weighted by atomic mass is 9.62. The van der Waals surface area contributed by atoms with Gasteiger partial charge in [0.1, 0.15) is 18.3 Å². The maximum absolute atomic E-state index is 12.7. The van der Waals surface area contributed by atoms with E-state index in [1.165, 1.54) is 32.1 Å². The van der Waals surface area contributed by atoms with Crippen molar-refractivity contribution in [2.75, 3.05) is 0 Å². The number of ether oxygens (including phenoxy) is 3. The SMILES string of the molecule is C.CCC(C)(C)C(=O)NS(=O)(=O)C1CC2(C)CCC1C2(C)C.CCC(C)(C)C(=O)NS(=O)(=O)C1CCC(C(C)(C)C)CC1.CCC(C)(C)C(=O)NS(=O)(=O)C1CCCCC1.CCC(C)(C)C(=O)OC1CC(C(C)(C)C)CC(C(C)(C)C)C1.CCC(C)(C)C(=O)OC1CC2CCC1(C)C2(C)C.CCC(C)(C)C(=O)OC1CCC(C(C)(C)C)CC1. The second kappa shape index (κ2) is 41.4. The summed E-state index contributed by atoms with van der Waals surface area (Å²) in [4.78, 5) is 72.9. The van der Waals surface area contributed by atoms with Crippen LogP contribution in [-0.4, -0.2) is 94.9 Å². The Bertz CT molecular complexity index is 3590. The summed E-state index contributed by atoms with van der Waals surface area (Å²) in [6.45, 7) is 75.3. The molecule has 8 saturated carbocycles. The molecule has 0 spiro atoms. The van der Waals surface area contributed by atoms with E-state index in [2.05, 4.69) is 146 Å². The molecule has 0 aromatic heterocycles. The van der Waals surface area contributed by atoms with Crippen LogP contribution in [0.4, 0.5) is 0 Å². The number of sulfonamides is 3. The number of carbonyl (C=O) groups is 6. The van der Waals surface area contributed by atoms with Gasteiger partial charge in [-0.25, -0.2) is 25.3 Å². The topological polar surface area (TPSA) is 269 Å². The van der Waals surface area contributed by atoms with Crippen LogP contribution in [0.3, 0.4) is 0 Å². The lowest BCUT2D eigenvalue weighted by Gasteiger charge is -2.45. The van der Waals surface area contributed by atoms with Gasteiger partial charge in [-0.15, -0.1) is 0 Å². The van der Waals surface area contributed by atoms with Crippen LogP contribution in [-0.2, 0) is 73.0 Å². The van der Waals surface area contributed by atoms with Crippen LogP contribution in [0.2, 0.25) is 0 Å². The maximum atomic E-state index is 12.7. The fraction of sp³-hybridized carbons (Fsp3) is 0.938. The Morgan fingerprint density at radius 1 is 0.339 bits per heavy atom. The zero-order chi connectivity index (χ0) is 90.9. The maximum Gasteiger partial charge on any atom is 0.311 e. The Balaban J connectivity index is 0.000000480. The molecule has 8 atom stereocenters. The summed E-state index contributed by atoms with van der Waals surface area (Å²) in [7, 11) is -10.6. The van der Waals surface area contributed by atoms with Crippen molar-refractivity contribution >= 4 is 65.7 Å². The van der Waals surface area contributed by atoms with Crippen molar-refractivity contribution in [2.24, 2.45) is 111 Å². The first kappa shape index (κ1) is 111. The molecule has 8 rings (SSSR count). The minimum Gasteiger partial charge on any atom is -0.462 e. The molecule has 0 radical (unpaired) electrons. The number of esters is 3. The van der Waals surface area contributed by atoms with Gasteiger partial charge in [0.05, 0.1) is 32.0 Å². The molecule has 21 heteroatoms. The van der Waals surface area contributed by atoms with Crippen molar-refractivity contribution in [3.63, 3.8) is 0 Å². The van der Waals surface area contributed by atoms with Crippen molar-refractivity contribution in [3.05, 3.63) is 0 Å². The number of nitrogens with one attached hydrogen (secondary N) is 3. The quantitative estimate of drug-likeness (QED) is 0.0712. The second-order valence-corrected chi connectivity index (χ2v) is 53.1. The molecule has 0 aromatic carbocycles. The van der Waals surface area contributed by atoms with Gasteiger partial charge in [0.15, 0.2) is 0 Å². The van der Waals surface area contributed by atoms with Gasteiger partial charge < -0.3 is 14.2 Å².